The van der Waals surface area contributed by atoms with Gasteiger partial charge in [0.1, 0.15) is 28.7 Å². The number of aliphatic hydroxyl groups is 1. The third-order valence-electron chi connectivity index (χ3n) is 6.07. The maximum absolute atomic E-state index is 12.7. The number of halogens is 1. The summed E-state index contributed by atoms with van der Waals surface area (Å²) in [7, 11) is 0. The van der Waals surface area contributed by atoms with Crippen LogP contribution in [0.4, 0.5) is 11.6 Å². The summed E-state index contributed by atoms with van der Waals surface area (Å²) in [6.45, 7) is 0. The fraction of sp³-hybridized carbons (Fsp3) is 0.250. The van der Waals surface area contributed by atoms with Crippen molar-refractivity contribution in [3.05, 3.63) is 71.4 Å². The van der Waals surface area contributed by atoms with E-state index in [2.05, 4.69) is 15.3 Å². The summed E-state index contributed by atoms with van der Waals surface area (Å²) < 4.78 is 1.98. The molecule has 5 rings (SSSR count). The van der Waals surface area contributed by atoms with Gasteiger partial charge < -0.3 is 16.2 Å². The van der Waals surface area contributed by atoms with Gasteiger partial charge in [-0.15, -0.1) is 0 Å². The maximum Gasteiger partial charge on any atom is 0.258 e. The van der Waals surface area contributed by atoms with Crippen molar-refractivity contribution in [3.8, 4) is 11.3 Å². The molecule has 0 aliphatic heterocycles. The summed E-state index contributed by atoms with van der Waals surface area (Å²) in [4.78, 5) is 26.0. The largest absolute Gasteiger partial charge is 0.393 e. The van der Waals surface area contributed by atoms with Gasteiger partial charge in [-0.3, -0.25) is 9.20 Å². The molecule has 1 aliphatic carbocycles. The maximum atomic E-state index is 12.7. The normalized spacial score (nSPS) is 18.4. The predicted molar refractivity (Wildman–Crippen MR) is 127 cm³/mol. The Bertz CT molecular complexity index is 1320. The van der Waals surface area contributed by atoms with E-state index >= 15 is 0 Å². The molecule has 0 spiro atoms. The Morgan fingerprint density at radius 3 is 2.67 bits per heavy atom. The standard InChI is InChI=1S/C24H23ClN6O2/c25-18-13-15(6-9-17(18)24(33)29-19-3-1-2-10-27-19)20-21-22(26)28-11-12-31(21)23(30-20)14-4-7-16(32)8-5-14/h1-3,6,9-14,16,32H,4-5,7-8H2,(H2,26,28)(H,27,29,33). The predicted octanol–water partition coefficient (Wildman–Crippen LogP) is 4.30. The molecule has 0 unspecified atom stereocenters. The quantitative estimate of drug-likeness (QED) is 0.416. The molecule has 1 aliphatic rings. The smallest absolute Gasteiger partial charge is 0.258 e. The van der Waals surface area contributed by atoms with Gasteiger partial charge in [0, 0.05) is 30.1 Å². The number of carbonyl (C=O) groups excluding carboxylic acids is 1. The number of pyridine rings is 1. The fourth-order valence-corrected chi connectivity index (χ4v) is 4.64. The van der Waals surface area contributed by atoms with Gasteiger partial charge in [-0.2, -0.15) is 0 Å². The number of anilines is 2. The highest BCUT2D eigenvalue weighted by molar-refractivity contribution is 6.34. The molecule has 1 fully saturated rings. The Hall–Kier alpha value is -3.49. The molecule has 9 heteroatoms. The van der Waals surface area contributed by atoms with Crippen LogP contribution < -0.4 is 11.1 Å². The molecule has 1 amide bonds. The molecular formula is C24H23ClN6O2. The Labute approximate surface area is 195 Å². The van der Waals surface area contributed by atoms with Gasteiger partial charge in [-0.1, -0.05) is 23.7 Å². The summed E-state index contributed by atoms with van der Waals surface area (Å²) in [5.41, 5.74) is 8.70. The Kier molecular flexibility index (Phi) is 5.70. The van der Waals surface area contributed by atoms with E-state index in [1.807, 2.05) is 16.7 Å². The molecule has 8 nitrogen and oxygen atoms in total. The second-order valence-corrected chi connectivity index (χ2v) is 8.63. The lowest BCUT2D eigenvalue weighted by molar-refractivity contribution is 0.102. The Morgan fingerprint density at radius 1 is 1.12 bits per heavy atom. The van der Waals surface area contributed by atoms with Crippen LogP contribution in [0.3, 0.4) is 0 Å². The third-order valence-corrected chi connectivity index (χ3v) is 6.38. The zero-order chi connectivity index (χ0) is 22.9. The van der Waals surface area contributed by atoms with Gasteiger partial charge in [0.2, 0.25) is 0 Å². The molecule has 0 radical (unpaired) electrons. The minimum absolute atomic E-state index is 0.218. The number of nitrogens with one attached hydrogen (secondary N) is 1. The minimum atomic E-state index is -0.345. The van der Waals surface area contributed by atoms with E-state index in [0.29, 0.717) is 33.4 Å². The lowest BCUT2D eigenvalue weighted by Gasteiger charge is -2.24. The zero-order valence-electron chi connectivity index (χ0n) is 17.8. The van der Waals surface area contributed by atoms with Crippen molar-refractivity contribution in [1.29, 1.82) is 0 Å². The topological polar surface area (TPSA) is 118 Å². The number of hydrogen-bond donors (Lipinski definition) is 3. The van der Waals surface area contributed by atoms with E-state index in [0.717, 1.165) is 37.1 Å². The molecule has 0 saturated heterocycles. The van der Waals surface area contributed by atoms with Crippen molar-refractivity contribution >= 4 is 34.7 Å². The molecule has 168 valence electrons. The second kappa shape index (κ2) is 8.80. The molecule has 0 atom stereocenters. The number of amides is 1. The van der Waals surface area contributed by atoms with Gasteiger partial charge in [-0.05, 0) is 49.9 Å². The number of carbonyl (C=O) groups is 1. The molecular weight excluding hydrogens is 440 g/mol. The van der Waals surface area contributed by atoms with Gasteiger partial charge in [0.15, 0.2) is 0 Å². The molecule has 1 saturated carbocycles. The van der Waals surface area contributed by atoms with Crippen LogP contribution in [0.15, 0.2) is 55.0 Å². The first-order chi connectivity index (χ1) is 16.0. The fourth-order valence-electron chi connectivity index (χ4n) is 4.38. The number of nitrogen functional groups attached to an aromatic ring is 1. The Balaban J connectivity index is 1.51. The van der Waals surface area contributed by atoms with Crippen LogP contribution in [0, 0.1) is 0 Å². The van der Waals surface area contributed by atoms with Crippen molar-refractivity contribution in [1.82, 2.24) is 19.4 Å². The highest BCUT2D eigenvalue weighted by atomic mass is 35.5. The van der Waals surface area contributed by atoms with Crippen LogP contribution in [-0.4, -0.2) is 36.5 Å². The van der Waals surface area contributed by atoms with E-state index < -0.39 is 0 Å². The molecule has 0 bridgehead atoms. The molecule has 3 aromatic heterocycles. The number of aromatic nitrogens is 4. The molecule has 4 N–H and O–H groups in total. The van der Waals surface area contributed by atoms with E-state index in [9.17, 15) is 9.90 Å². The summed E-state index contributed by atoms with van der Waals surface area (Å²) >= 11 is 6.51. The number of imidazole rings is 1. The van der Waals surface area contributed by atoms with Crippen LogP contribution in [0.5, 0.6) is 0 Å². The average Bonchev–Trinajstić information content (AvgIpc) is 3.21. The summed E-state index contributed by atoms with van der Waals surface area (Å²) in [6, 6.07) is 10.5. The lowest BCUT2D eigenvalue weighted by atomic mass is 9.87. The number of nitrogens with two attached hydrogens (primary N) is 1. The van der Waals surface area contributed by atoms with E-state index in [-0.39, 0.29) is 17.9 Å². The van der Waals surface area contributed by atoms with Crippen molar-refractivity contribution in [2.75, 3.05) is 11.1 Å². The third kappa shape index (κ3) is 4.15. The minimum Gasteiger partial charge on any atom is -0.393 e. The first-order valence-corrected chi connectivity index (χ1v) is 11.2. The van der Waals surface area contributed by atoms with Crippen molar-refractivity contribution < 1.29 is 9.90 Å². The van der Waals surface area contributed by atoms with E-state index in [1.165, 1.54) is 0 Å². The van der Waals surface area contributed by atoms with E-state index in [4.69, 9.17) is 22.3 Å². The number of rotatable bonds is 4. The molecule has 33 heavy (non-hydrogen) atoms. The summed E-state index contributed by atoms with van der Waals surface area (Å²) in [5.74, 6) is 1.59. The van der Waals surface area contributed by atoms with Gasteiger partial charge >= 0.3 is 0 Å². The monoisotopic (exact) mass is 462 g/mol. The number of hydrogen-bond acceptors (Lipinski definition) is 6. The summed E-state index contributed by atoms with van der Waals surface area (Å²) in [5, 5.41) is 12.9. The Morgan fingerprint density at radius 2 is 1.94 bits per heavy atom. The van der Waals surface area contributed by atoms with E-state index in [1.54, 1.807) is 42.7 Å². The van der Waals surface area contributed by atoms with Crippen LogP contribution in [0.2, 0.25) is 5.02 Å². The molecule has 3 heterocycles. The van der Waals surface area contributed by atoms with Crippen molar-refractivity contribution in [3.63, 3.8) is 0 Å². The van der Waals surface area contributed by atoms with Gasteiger partial charge in [0.25, 0.3) is 5.91 Å². The van der Waals surface area contributed by atoms with Gasteiger partial charge in [0.05, 0.1) is 16.7 Å². The van der Waals surface area contributed by atoms with Gasteiger partial charge in [-0.25, -0.2) is 15.0 Å². The lowest BCUT2D eigenvalue weighted by Crippen LogP contribution is -2.18. The number of nitrogens with zero attached hydrogens (tertiary/aromatic N) is 4. The number of fused-ring (bicyclic) bond motifs is 1. The van der Waals surface area contributed by atoms with Crippen molar-refractivity contribution in [2.45, 2.75) is 37.7 Å². The first kappa shape index (κ1) is 21.4. The van der Waals surface area contributed by atoms with Crippen LogP contribution >= 0.6 is 11.6 Å². The SMILES string of the molecule is Nc1nccn2c(C3CCC(O)CC3)nc(-c3ccc(C(=O)Nc4ccccn4)c(Cl)c3)c12. The van der Waals surface area contributed by atoms with Crippen molar-refractivity contribution in [2.24, 2.45) is 0 Å². The van der Waals surface area contributed by atoms with Crippen LogP contribution in [0.25, 0.3) is 16.8 Å². The second-order valence-electron chi connectivity index (χ2n) is 8.22. The highest BCUT2D eigenvalue weighted by Gasteiger charge is 2.27. The number of aliphatic hydroxyl groups excluding tert-OH is 1. The molecule has 1 aromatic carbocycles. The van der Waals surface area contributed by atoms with Crippen LogP contribution in [-0.2, 0) is 0 Å². The first-order valence-electron chi connectivity index (χ1n) is 10.8. The highest BCUT2D eigenvalue weighted by Crippen LogP contribution is 2.37. The zero-order valence-corrected chi connectivity index (χ0v) is 18.5. The molecule has 4 aromatic rings. The summed E-state index contributed by atoms with van der Waals surface area (Å²) in [6.07, 6.45) is 8.09. The van der Waals surface area contributed by atoms with Crippen LogP contribution in [0.1, 0.15) is 47.8 Å². The average molecular weight is 463 g/mol. The number of benzene rings is 1.